The average Bonchev–Trinajstić information content (AvgIpc) is 2.86. The lowest BCUT2D eigenvalue weighted by molar-refractivity contribution is 0.0989. The van der Waals surface area contributed by atoms with Gasteiger partial charge in [0.1, 0.15) is 0 Å². The fourth-order valence-corrected chi connectivity index (χ4v) is 2.09. The van der Waals surface area contributed by atoms with Crippen molar-refractivity contribution in [3.05, 3.63) is 52.6 Å². The Bertz CT molecular complexity index is 657. The molecular weight excluding hydrogens is 281 g/mol. The van der Waals surface area contributed by atoms with E-state index in [4.69, 9.17) is 0 Å². The minimum Gasteiger partial charge on any atom is -0.294 e. The van der Waals surface area contributed by atoms with E-state index >= 15 is 0 Å². The van der Waals surface area contributed by atoms with E-state index in [1.165, 1.54) is 0 Å². The number of halogens is 3. The molecule has 0 aliphatic heterocycles. The predicted molar refractivity (Wildman–Crippen MR) is 71.6 cm³/mol. The molecule has 2 rings (SSSR count). The van der Waals surface area contributed by atoms with Gasteiger partial charge in [0, 0.05) is 17.8 Å². The fraction of sp³-hybridized carbons (Fsp3) is 0.333. The van der Waals surface area contributed by atoms with E-state index in [-0.39, 0.29) is 12.0 Å². The van der Waals surface area contributed by atoms with E-state index in [0.29, 0.717) is 24.4 Å². The highest BCUT2D eigenvalue weighted by molar-refractivity contribution is 5.97. The summed E-state index contributed by atoms with van der Waals surface area (Å²) in [7, 11) is 0. The van der Waals surface area contributed by atoms with Gasteiger partial charge in [-0.3, -0.25) is 9.48 Å². The minimum absolute atomic E-state index is 0.0364. The standard InChI is InChI=1S/C15H15F3N2O/c1-3-10-7-11(20(4-2)19-10)8-14(21)9-5-12(16)15(18)13(17)6-9/h5-7H,3-4,8H2,1-2H3. The summed E-state index contributed by atoms with van der Waals surface area (Å²) >= 11 is 0. The SMILES string of the molecule is CCc1cc(CC(=O)c2cc(F)c(F)c(F)c2)n(CC)n1. The molecular formula is C15H15F3N2O. The van der Waals surface area contributed by atoms with Gasteiger partial charge < -0.3 is 0 Å². The second-order valence-corrected chi connectivity index (χ2v) is 4.65. The summed E-state index contributed by atoms with van der Waals surface area (Å²) in [5.41, 5.74) is 1.33. The van der Waals surface area contributed by atoms with Crippen molar-refractivity contribution in [1.29, 1.82) is 0 Å². The number of aryl methyl sites for hydroxylation is 2. The second-order valence-electron chi connectivity index (χ2n) is 4.65. The Morgan fingerprint density at radius 3 is 2.29 bits per heavy atom. The number of nitrogens with zero attached hydrogens (tertiary/aromatic N) is 2. The van der Waals surface area contributed by atoms with Crippen molar-refractivity contribution in [2.24, 2.45) is 0 Å². The Balaban J connectivity index is 2.28. The predicted octanol–water partition coefficient (Wildman–Crippen LogP) is 3.31. The van der Waals surface area contributed by atoms with Gasteiger partial charge in [0.25, 0.3) is 0 Å². The molecule has 0 saturated heterocycles. The zero-order chi connectivity index (χ0) is 15.6. The van der Waals surface area contributed by atoms with E-state index in [0.717, 1.165) is 12.1 Å². The number of ketones is 1. The molecule has 0 aliphatic carbocycles. The summed E-state index contributed by atoms with van der Waals surface area (Å²) in [4.78, 5) is 12.1. The molecule has 0 unspecified atom stereocenters. The molecule has 3 nitrogen and oxygen atoms in total. The molecule has 0 bridgehead atoms. The van der Waals surface area contributed by atoms with Gasteiger partial charge in [-0.05, 0) is 31.5 Å². The van der Waals surface area contributed by atoms with Gasteiger partial charge in [0.15, 0.2) is 23.2 Å². The van der Waals surface area contributed by atoms with Crippen LogP contribution in [0.25, 0.3) is 0 Å². The van der Waals surface area contributed by atoms with Gasteiger partial charge in [0.2, 0.25) is 0 Å². The molecule has 0 N–H and O–H groups in total. The van der Waals surface area contributed by atoms with Gasteiger partial charge in [-0.1, -0.05) is 6.92 Å². The van der Waals surface area contributed by atoms with Crippen molar-refractivity contribution >= 4 is 5.78 Å². The molecule has 21 heavy (non-hydrogen) atoms. The smallest absolute Gasteiger partial charge is 0.194 e. The molecule has 0 amide bonds. The van der Waals surface area contributed by atoms with E-state index < -0.39 is 23.2 Å². The van der Waals surface area contributed by atoms with Gasteiger partial charge in [0.05, 0.1) is 12.1 Å². The first-order chi connectivity index (χ1) is 9.96. The summed E-state index contributed by atoms with van der Waals surface area (Å²) in [6.07, 6.45) is 0.694. The van der Waals surface area contributed by atoms with Gasteiger partial charge in [-0.25, -0.2) is 13.2 Å². The van der Waals surface area contributed by atoms with Crippen LogP contribution in [-0.4, -0.2) is 15.6 Å². The third kappa shape index (κ3) is 3.15. The van der Waals surface area contributed by atoms with Crippen molar-refractivity contribution in [1.82, 2.24) is 9.78 Å². The molecule has 6 heteroatoms. The zero-order valence-electron chi connectivity index (χ0n) is 11.8. The third-order valence-corrected chi connectivity index (χ3v) is 3.22. The number of carbonyl (C=O) groups is 1. The van der Waals surface area contributed by atoms with Crippen molar-refractivity contribution in [2.75, 3.05) is 0 Å². The lowest BCUT2D eigenvalue weighted by Gasteiger charge is -2.05. The van der Waals surface area contributed by atoms with Crippen LogP contribution >= 0.6 is 0 Å². The van der Waals surface area contributed by atoms with Crippen LogP contribution in [0.1, 0.15) is 35.6 Å². The van der Waals surface area contributed by atoms with Crippen LogP contribution in [0, 0.1) is 17.5 Å². The molecule has 1 heterocycles. The van der Waals surface area contributed by atoms with Crippen LogP contribution in [-0.2, 0) is 19.4 Å². The van der Waals surface area contributed by atoms with Gasteiger partial charge in [-0.2, -0.15) is 5.10 Å². The van der Waals surface area contributed by atoms with Crippen LogP contribution in [0.5, 0.6) is 0 Å². The number of hydrogen-bond donors (Lipinski definition) is 0. The molecule has 0 fully saturated rings. The monoisotopic (exact) mass is 296 g/mol. The van der Waals surface area contributed by atoms with Gasteiger partial charge in [-0.15, -0.1) is 0 Å². The van der Waals surface area contributed by atoms with Crippen LogP contribution in [0.3, 0.4) is 0 Å². The van der Waals surface area contributed by atoms with Crippen LogP contribution in [0.4, 0.5) is 13.2 Å². The van der Waals surface area contributed by atoms with Crippen LogP contribution in [0.15, 0.2) is 18.2 Å². The summed E-state index contributed by atoms with van der Waals surface area (Å²) in [5, 5.41) is 4.30. The van der Waals surface area contributed by atoms with Crippen molar-refractivity contribution in [3.63, 3.8) is 0 Å². The maximum Gasteiger partial charge on any atom is 0.194 e. The Kier molecular flexibility index (Phi) is 4.45. The minimum atomic E-state index is -1.57. The number of benzene rings is 1. The van der Waals surface area contributed by atoms with Crippen molar-refractivity contribution in [2.45, 2.75) is 33.2 Å². The lowest BCUT2D eigenvalue weighted by atomic mass is 10.1. The van der Waals surface area contributed by atoms with Gasteiger partial charge >= 0.3 is 0 Å². The highest BCUT2D eigenvalue weighted by atomic mass is 19.2. The summed E-state index contributed by atoms with van der Waals surface area (Å²) in [6, 6.07) is 3.22. The quantitative estimate of drug-likeness (QED) is 0.627. The van der Waals surface area contributed by atoms with Crippen molar-refractivity contribution < 1.29 is 18.0 Å². The number of hydrogen-bond acceptors (Lipinski definition) is 2. The molecule has 0 saturated carbocycles. The Morgan fingerprint density at radius 1 is 1.14 bits per heavy atom. The summed E-state index contributed by atoms with van der Waals surface area (Å²) in [5.74, 6) is -4.78. The molecule has 0 radical (unpaired) electrons. The zero-order valence-corrected chi connectivity index (χ0v) is 11.8. The molecule has 112 valence electrons. The lowest BCUT2D eigenvalue weighted by Crippen LogP contribution is -2.11. The summed E-state index contributed by atoms with van der Waals surface area (Å²) in [6.45, 7) is 4.42. The Morgan fingerprint density at radius 2 is 1.76 bits per heavy atom. The number of rotatable bonds is 5. The van der Waals surface area contributed by atoms with E-state index in [1.54, 1.807) is 10.7 Å². The molecule has 0 atom stereocenters. The topological polar surface area (TPSA) is 34.9 Å². The first-order valence-electron chi connectivity index (χ1n) is 6.69. The van der Waals surface area contributed by atoms with E-state index in [9.17, 15) is 18.0 Å². The number of aromatic nitrogens is 2. The Hall–Kier alpha value is -2.11. The fourth-order valence-electron chi connectivity index (χ4n) is 2.09. The number of carbonyl (C=O) groups excluding carboxylic acids is 1. The highest BCUT2D eigenvalue weighted by Gasteiger charge is 2.17. The number of Topliss-reactive ketones (excluding diaryl/α,β-unsaturated/α-hetero) is 1. The normalized spacial score (nSPS) is 10.9. The first kappa shape index (κ1) is 15.3. The molecule has 2 aromatic rings. The maximum absolute atomic E-state index is 13.2. The largest absolute Gasteiger partial charge is 0.294 e. The molecule has 1 aromatic heterocycles. The summed E-state index contributed by atoms with van der Waals surface area (Å²) < 4.78 is 40.9. The van der Waals surface area contributed by atoms with E-state index in [2.05, 4.69) is 5.10 Å². The molecule has 1 aromatic carbocycles. The first-order valence-corrected chi connectivity index (χ1v) is 6.69. The maximum atomic E-state index is 13.2. The average molecular weight is 296 g/mol. The highest BCUT2D eigenvalue weighted by Crippen LogP contribution is 2.16. The molecule has 0 spiro atoms. The van der Waals surface area contributed by atoms with Crippen LogP contribution < -0.4 is 0 Å². The van der Waals surface area contributed by atoms with E-state index in [1.807, 2.05) is 13.8 Å². The van der Waals surface area contributed by atoms with Crippen LogP contribution in [0.2, 0.25) is 0 Å². The van der Waals surface area contributed by atoms with Crippen molar-refractivity contribution in [3.8, 4) is 0 Å². The molecule has 0 aliphatic rings. The second kappa shape index (κ2) is 6.11. The Labute approximate surface area is 120 Å². The third-order valence-electron chi connectivity index (χ3n) is 3.22.